The van der Waals surface area contributed by atoms with Crippen LogP contribution in [-0.2, 0) is 15.2 Å². The van der Waals surface area contributed by atoms with E-state index < -0.39 is 17.3 Å². The van der Waals surface area contributed by atoms with Crippen molar-refractivity contribution in [3.8, 4) is 0 Å². The maximum absolute atomic E-state index is 12.0. The second kappa shape index (κ2) is 3.67. The molecule has 4 heteroatoms. The van der Waals surface area contributed by atoms with Crippen LogP contribution in [0.3, 0.4) is 0 Å². The molecule has 1 heterocycles. The van der Waals surface area contributed by atoms with Crippen LogP contribution >= 0.6 is 0 Å². The quantitative estimate of drug-likeness (QED) is 0.742. The summed E-state index contributed by atoms with van der Waals surface area (Å²) in [5.41, 5.74) is -0.630. The summed E-state index contributed by atoms with van der Waals surface area (Å²) in [6.07, 6.45) is 0. The highest BCUT2D eigenvalue weighted by atomic mass is 16.3. The molecule has 0 saturated heterocycles. The Balaban J connectivity index is 2.70. The Morgan fingerprint density at radius 3 is 2.41 bits per heavy atom. The zero-order valence-electron chi connectivity index (χ0n) is 10.1. The van der Waals surface area contributed by atoms with E-state index in [2.05, 4.69) is 0 Å². The Kier molecular flexibility index (Phi) is 2.54. The van der Waals surface area contributed by atoms with E-state index in [9.17, 15) is 14.7 Å². The molecule has 1 aliphatic heterocycles. The number of carbonyl (C=O) groups excluding carboxylic acids is 2. The van der Waals surface area contributed by atoms with Crippen LogP contribution in [0.15, 0.2) is 24.3 Å². The first-order valence-electron chi connectivity index (χ1n) is 5.57. The fourth-order valence-corrected chi connectivity index (χ4v) is 2.16. The molecule has 1 N–H and O–H groups in total. The van der Waals surface area contributed by atoms with Crippen molar-refractivity contribution in [2.75, 3.05) is 4.90 Å². The molecule has 90 valence electrons. The molecule has 0 fully saturated rings. The number of carbonyl (C=O) groups is 2. The second-order valence-electron chi connectivity index (χ2n) is 4.69. The number of aliphatic hydroxyl groups is 1. The van der Waals surface area contributed by atoms with E-state index in [1.807, 2.05) is 13.8 Å². The SMILES string of the molecule is CC(C)N1C(=O)C(=O)C(C)(O)c2ccccc21. The van der Waals surface area contributed by atoms with Gasteiger partial charge in [-0.15, -0.1) is 0 Å². The molecule has 2 rings (SSSR count). The predicted molar refractivity (Wildman–Crippen MR) is 63.6 cm³/mol. The summed E-state index contributed by atoms with van der Waals surface area (Å²) in [5, 5.41) is 10.2. The average molecular weight is 233 g/mol. The number of nitrogens with zero attached hydrogens (tertiary/aromatic N) is 1. The summed E-state index contributed by atoms with van der Waals surface area (Å²) in [5.74, 6) is -1.42. The maximum Gasteiger partial charge on any atom is 0.298 e. The second-order valence-corrected chi connectivity index (χ2v) is 4.69. The highest BCUT2D eigenvalue weighted by molar-refractivity contribution is 6.45. The van der Waals surface area contributed by atoms with Crippen LogP contribution in [0, 0.1) is 0 Å². The molecule has 4 nitrogen and oxygen atoms in total. The van der Waals surface area contributed by atoms with Gasteiger partial charge in [0.25, 0.3) is 11.7 Å². The van der Waals surface area contributed by atoms with Crippen molar-refractivity contribution in [2.45, 2.75) is 32.4 Å². The van der Waals surface area contributed by atoms with Crippen LogP contribution in [0.5, 0.6) is 0 Å². The highest BCUT2D eigenvalue weighted by Crippen LogP contribution is 2.37. The Bertz CT molecular complexity index is 491. The lowest BCUT2D eigenvalue weighted by atomic mass is 9.85. The van der Waals surface area contributed by atoms with Crippen LogP contribution in [-0.4, -0.2) is 22.8 Å². The fourth-order valence-electron chi connectivity index (χ4n) is 2.16. The molecule has 0 spiro atoms. The van der Waals surface area contributed by atoms with E-state index in [0.717, 1.165) is 0 Å². The molecule has 0 aromatic heterocycles. The summed E-state index contributed by atoms with van der Waals surface area (Å²) >= 11 is 0. The number of fused-ring (bicyclic) bond motifs is 1. The number of anilines is 1. The van der Waals surface area contributed by atoms with Gasteiger partial charge in [0, 0.05) is 11.6 Å². The Morgan fingerprint density at radius 1 is 1.24 bits per heavy atom. The molecule has 1 aliphatic rings. The maximum atomic E-state index is 12.0. The molecular weight excluding hydrogens is 218 g/mol. The Morgan fingerprint density at radius 2 is 1.82 bits per heavy atom. The molecule has 0 saturated carbocycles. The number of para-hydroxylation sites is 1. The summed E-state index contributed by atoms with van der Waals surface area (Å²) in [4.78, 5) is 25.3. The van der Waals surface area contributed by atoms with Crippen molar-refractivity contribution in [1.82, 2.24) is 0 Å². The summed E-state index contributed by atoms with van der Waals surface area (Å²) < 4.78 is 0. The summed E-state index contributed by atoms with van der Waals surface area (Å²) in [6, 6.07) is 6.83. The van der Waals surface area contributed by atoms with Crippen LogP contribution in [0.2, 0.25) is 0 Å². The smallest absolute Gasteiger partial charge is 0.298 e. The van der Waals surface area contributed by atoms with Crippen LogP contribution in [0.4, 0.5) is 5.69 Å². The van der Waals surface area contributed by atoms with Crippen LogP contribution in [0.25, 0.3) is 0 Å². The molecule has 1 aromatic carbocycles. The van der Waals surface area contributed by atoms with E-state index in [1.165, 1.54) is 11.8 Å². The van der Waals surface area contributed by atoms with Gasteiger partial charge in [0.1, 0.15) is 0 Å². The molecule has 0 radical (unpaired) electrons. The first kappa shape index (κ1) is 11.8. The first-order chi connectivity index (χ1) is 7.87. The third-order valence-corrected chi connectivity index (χ3v) is 3.06. The molecular formula is C13H15NO3. The monoisotopic (exact) mass is 233 g/mol. The predicted octanol–water partition coefficient (Wildman–Crippen LogP) is 1.22. The molecule has 17 heavy (non-hydrogen) atoms. The number of rotatable bonds is 1. The topological polar surface area (TPSA) is 57.6 Å². The fraction of sp³-hybridized carbons (Fsp3) is 0.385. The third kappa shape index (κ3) is 1.56. The minimum Gasteiger partial charge on any atom is -0.377 e. The van der Waals surface area contributed by atoms with Gasteiger partial charge in [-0.2, -0.15) is 0 Å². The lowest BCUT2D eigenvalue weighted by Crippen LogP contribution is -2.53. The van der Waals surface area contributed by atoms with Crippen molar-refractivity contribution in [1.29, 1.82) is 0 Å². The van der Waals surface area contributed by atoms with Crippen LogP contribution in [0.1, 0.15) is 26.3 Å². The molecule has 0 aliphatic carbocycles. The van der Waals surface area contributed by atoms with Gasteiger partial charge in [0.05, 0.1) is 5.69 Å². The van der Waals surface area contributed by atoms with E-state index in [1.54, 1.807) is 24.3 Å². The average Bonchev–Trinajstić information content (AvgIpc) is 2.26. The van der Waals surface area contributed by atoms with E-state index >= 15 is 0 Å². The lowest BCUT2D eigenvalue weighted by Gasteiger charge is -2.38. The number of amides is 1. The zero-order valence-corrected chi connectivity index (χ0v) is 10.1. The van der Waals surface area contributed by atoms with E-state index in [4.69, 9.17) is 0 Å². The Labute approximate surface area is 99.9 Å². The lowest BCUT2D eigenvalue weighted by molar-refractivity contribution is -0.149. The van der Waals surface area contributed by atoms with Gasteiger partial charge >= 0.3 is 0 Å². The standard InChI is InChI=1S/C13H15NO3/c1-8(2)14-10-7-5-4-6-9(10)13(3,17)11(15)12(14)16/h4-8,17H,1-3H3. The molecule has 1 unspecified atom stereocenters. The van der Waals surface area contributed by atoms with Crippen molar-refractivity contribution in [2.24, 2.45) is 0 Å². The van der Waals surface area contributed by atoms with Gasteiger partial charge in [0.15, 0.2) is 5.60 Å². The van der Waals surface area contributed by atoms with E-state index in [0.29, 0.717) is 11.3 Å². The molecule has 1 aromatic rings. The van der Waals surface area contributed by atoms with Gasteiger partial charge < -0.3 is 10.0 Å². The van der Waals surface area contributed by atoms with E-state index in [-0.39, 0.29) is 6.04 Å². The number of hydrogen-bond donors (Lipinski definition) is 1. The minimum atomic E-state index is -1.72. The minimum absolute atomic E-state index is 0.122. The van der Waals surface area contributed by atoms with Crippen molar-refractivity contribution in [3.63, 3.8) is 0 Å². The van der Waals surface area contributed by atoms with Gasteiger partial charge in [-0.3, -0.25) is 9.59 Å². The number of Topliss-reactive ketones (excluding diaryl/α,β-unsaturated/α-hetero) is 1. The molecule has 1 atom stereocenters. The van der Waals surface area contributed by atoms with Crippen molar-refractivity contribution >= 4 is 17.4 Å². The molecule has 1 amide bonds. The van der Waals surface area contributed by atoms with Gasteiger partial charge in [-0.1, -0.05) is 18.2 Å². The number of ketones is 1. The Hall–Kier alpha value is -1.68. The summed E-state index contributed by atoms with van der Waals surface area (Å²) in [7, 11) is 0. The number of hydrogen-bond acceptors (Lipinski definition) is 3. The normalized spacial score (nSPS) is 24.2. The zero-order chi connectivity index (χ0) is 12.8. The third-order valence-electron chi connectivity index (χ3n) is 3.06. The first-order valence-corrected chi connectivity index (χ1v) is 5.57. The van der Waals surface area contributed by atoms with Crippen molar-refractivity contribution < 1.29 is 14.7 Å². The van der Waals surface area contributed by atoms with Gasteiger partial charge in [0.2, 0.25) is 0 Å². The summed E-state index contributed by atoms with van der Waals surface area (Å²) in [6.45, 7) is 5.04. The van der Waals surface area contributed by atoms with Crippen LogP contribution < -0.4 is 4.90 Å². The van der Waals surface area contributed by atoms with Gasteiger partial charge in [-0.25, -0.2) is 0 Å². The number of benzene rings is 1. The highest BCUT2D eigenvalue weighted by Gasteiger charge is 2.47. The molecule has 0 bridgehead atoms. The van der Waals surface area contributed by atoms with Gasteiger partial charge in [-0.05, 0) is 26.8 Å². The van der Waals surface area contributed by atoms with Crippen molar-refractivity contribution in [3.05, 3.63) is 29.8 Å². The largest absolute Gasteiger partial charge is 0.377 e.